The first-order chi connectivity index (χ1) is 9.22. The highest BCUT2D eigenvalue weighted by Crippen LogP contribution is 2.43. The summed E-state index contributed by atoms with van der Waals surface area (Å²) in [6.07, 6.45) is 3.67. The van der Waals surface area contributed by atoms with E-state index >= 15 is 0 Å². The highest BCUT2D eigenvalue weighted by molar-refractivity contribution is 5.51. The molecule has 2 aliphatic rings. The van der Waals surface area contributed by atoms with Crippen LogP contribution in [0.5, 0.6) is 17.2 Å². The Morgan fingerprint density at radius 2 is 1.89 bits per heavy atom. The first-order valence-electron chi connectivity index (χ1n) is 6.82. The molecule has 0 bridgehead atoms. The van der Waals surface area contributed by atoms with E-state index in [2.05, 4.69) is 0 Å². The number of methoxy groups -OCH3 is 2. The Labute approximate surface area is 113 Å². The van der Waals surface area contributed by atoms with Gasteiger partial charge in [-0.1, -0.05) is 0 Å². The molecule has 4 nitrogen and oxygen atoms in total. The zero-order valence-electron chi connectivity index (χ0n) is 11.4. The lowest BCUT2D eigenvalue weighted by atomic mass is 9.78. The molecule has 1 fully saturated rings. The van der Waals surface area contributed by atoms with Crippen LogP contribution in [0, 0.1) is 5.92 Å². The molecule has 4 heteroatoms. The van der Waals surface area contributed by atoms with Gasteiger partial charge in [-0.05, 0) is 37.3 Å². The molecule has 3 rings (SSSR count). The average Bonchev–Trinajstić information content (AvgIpc) is 2.44. The van der Waals surface area contributed by atoms with E-state index in [0.29, 0.717) is 11.5 Å². The molecular formula is C15H20O4. The quantitative estimate of drug-likeness (QED) is 0.889. The van der Waals surface area contributed by atoms with Crippen molar-refractivity contribution in [3.05, 3.63) is 17.7 Å². The first-order valence-corrected chi connectivity index (χ1v) is 6.82. The lowest BCUT2D eigenvalue weighted by Gasteiger charge is -2.40. The van der Waals surface area contributed by atoms with Crippen LogP contribution in [0.3, 0.4) is 0 Å². The number of aliphatic hydroxyl groups is 1. The highest BCUT2D eigenvalue weighted by atomic mass is 16.5. The molecule has 3 atom stereocenters. The fraction of sp³-hybridized carbons (Fsp3) is 0.600. The summed E-state index contributed by atoms with van der Waals surface area (Å²) in [6.45, 7) is 0. The summed E-state index contributed by atoms with van der Waals surface area (Å²) in [7, 11) is 3.26. The minimum Gasteiger partial charge on any atom is -0.493 e. The van der Waals surface area contributed by atoms with Crippen molar-refractivity contribution in [2.75, 3.05) is 14.2 Å². The Kier molecular flexibility index (Phi) is 3.27. The maximum atomic E-state index is 10.1. The molecule has 0 unspecified atom stereocenters. The second-order valence-corrected chi connectivity index (χ2v) is 5.34. The van der Waals surface area contributed by atoms with Gasteiger partial charge in [0.1, 0.15) is 11.9 Å². The smallest absolute Gasteiger partial charge is 0.164 e. The maximum absolute atomic E-state index is 10.1. The van der Waals surface area contributed by atoms with Gasteiger partial charge in [0.2, 0.25) is 0 Å². The molecule has 0 aromatic heterocycles. The lowest BCUT2D eigenvalue weighted by molar-refractivity contribution is -0.0211. The van der Waals surface area contributed by atoms with Crippen molar-refractivity contribution < 1.29 is 19.3 Å². The minimum atomic E-state index is -0.250. The van der Waals surface area contributed by atoms with Gasteiger partial charge in [-0.3, -0.25) is 0 Å². The van der Waals surface area contributed by atoms with E-state index in [4.69, 9.17) is 14.2 Å². The van der Waals surface area contributed by atoms with Crippen molar-refractivity contribution >= 4 is 0 Å². The van der Waals surface area contributed by atoms with Crippen molar-refractivity contribution in [3.8, 4) is 17.2 Å². The minimum absolute atomic E-state index is 0.134. The van der Waals surface area contributed by atoms with E-state index < -0.39 is 0 Å². The van der Waals surface area contributed by atoms with Gasteiger partial charge in [-0.2, -0.15) is 0 Å². The van der Waals surface area contributed by atoms with E-state index in [9.17, 15) is 5.11 Å². The molecule has 1 aromatic carbocycles. The van der Waals surface area contributed by atoms with Crippen LogP contribution in [0.25, 0.3) is 0 Å². The number of aliphatic hydroxyl groups excluding tert-OH is 1. The predicted octanol–water partition coefficient (Wildman–Crippen LogP) is 2.17. The van der Waals surface area contributed by atoms with E-state index in [0.717, 1.165) is 37.0 Å². The molecule has 0 saturated heterocycles. The average molecular weight is 264 g/mol. The Morgan fingerprint density at radius 3 is 2.63 bits per heavy atom. The summed E-state index contributed by atoms with van der Waals surface area (Å²) in [5.41, 5.74) is 1.10. The largest absolute Gasteiger partial charge is 0.493 e. The number of hydrogen-bond donors (Lipinski definition) is 1. The highest BCUT2D eigenvalue weighted by Gasteiger charge is 2.38. The molecule has 1 aliphatic carbocycles. The van der Waals surface area contributed by atoms with Crippen LogP contribution in [0.2, 0.25) is 0 Å². The summed E-state index contributed by atoms with van der Waals surface area (Å²) in [5, 5.41) is 10.1. The normalized spacial score (nSPS) is 28.9. The summed E-state index contributed by atoms with van der Waals surface area (Å²) < 4.78 is 16.7. The van der Waals surface area contributed by atoms with Gasteiger partial charge in [0.15, 0.2) is 11.5 Å². The van der Waals surface area contributed by atoms with Crippen LogP contribution < -0.4 is 14.2 Å². The summed E-state index contributed by atoms with van der Waals surface area (Å²) in [5.74, 6) is 2.48. The molecule has 1 heterocycles. The van der Waals surface area contributed by atoms with Crippen LogP contribution in [-0.2, 0) is 6.42 Å². The van der Waals surface area contributed by atoms with E-state index in [-0.39, 0.29) is 18.1 Å². The van der Waals surface area contributed by atoms with E-state index in [1.165, 1.54) is 0 Å². The fourth-order valence-electron chi connectivity index (χ4n) is 3.21. The van der Waals surface area contributed by atoms with Gasteiger partial charge in [0, 0.05) is 12.0 Å². The van der Waals surface area contributed by atoms with Gasteiger partial charge in [0.25, 0.3) is 0 Å². The molecule has 0 radical (unpaired) electrons. The van der Waals surface area contributed by atoms with Gasteiger partial charge in [-0.15, -0.1) is 0 Å². The molecule has 0 amide bonds. The Hall–Kier alpha value is -1.42. The Bertz CT molecular complexity index is 471. The number of ether oxygens (including phenoxy) is 3. The number of hydrogen-bond acceptors (Lipinski definition) is 4. The topological polar surface area (TPSA) is 47.9 Å². The van der Waals surface area contributed by atoms with Crippen LogP contribution in [0.4, 0.5) is 0 Å². The van der Waals surface area contributed by atoms with Crippen LogP contribution >= 0.6 is 0 Å². The Balaban J connectivity index is 1.95. The SMILES string of the molecule is COc1cc2c(cc1OC)O[C@@H]1CCC[C@H](O)[C@@H]1C2. The second kappa shape index (κ2) is 4.93. The zero-order valence-corrected chi connectivity index (χ0v) is 11.4. The summed E-state index contributed by atoms with van der Waals surface area (Å²) in [6, 6.07) is 3.86. The van der Waals surface area contributed by atoms with Gasteiger partial charge < -0.3 is 19.3 Å². The van der Waals surface area contributed by atoms with Crippen molar-refractivity contribution in [2.45, 2.75) is 37.9 Å². The monoisotopic (exact) mass is 264 g/mol. The number of benzene rings is 1. The van der Waals surface area contributed by atoms with Crippen molar-refractivity contribution in [1.29, 1.82) is 0 Å². The van der Waals surface area contributed by atoms with Crippen molar-refractivity contribution in [3.63, 3.8) is 0 Å². The lowest BCUT2D eigenvalue weighted by Crippen LogP contribution is -2.43. The van der Waals surface area contributed by atoms with E-state index in [1.807, 2.05) is 12.1 Å². The molecule has 1 saturated carbocycles. The fourth-order valence-corrected chi connectivity index (χ4v) is 3.21. The van der Waals surface area contributed by atoms with Crippen LogP contribution in [0.1, 0.15) is 24.8 Å². The molecular weight excluding hydrogens is 244 g/mol. The standard InChI is InChI=1S/C15H20O4/c1-17-14-7-9-6-10-11(16)4-3-5-12(10)19-13(9)8-15(14)18-2/h7-8,10-12,16H,3-6H2,1-2H3/t10-,11-,12+/m0/s1. The van der Waals surface area contributed by atoms with Crippen LogP contribution in [0.15, 0.2) is 12.1 Å². The van der Waals surface area contributed by atoms with Crippen LogP contribution in [-0.4, -0.2) is 31.5 Å². The predicted molar refractivity (Wildman–Crippen MR) is 71.0 cm³/mol. The third-order valence-electron chi connectivity index (χ3n) is 4.26. The third kappa shape index (κ3) is 2.14. The van der Waals surface area contributed by atoms with Crippen molar-refractivity contribution in [2.24, 2.45) is 5.92 Å². The molecule has 19 heavy (non-hydrogen) atoms. The molecule has 1 N–H and O–H groups in total. The molecule has 104 valence electrons. The maximum Gasteiger partial charge on any atom is 0.164 e. The molecule has 1 aromatic rings. The van der Waals surface area contributed by atoms with E-state index in [1.54, 1.807) is 14.2 Å². The zero-order chi connectivity index (χ0) is 13.4. The second-order valence-electron chi connectivity index (χ2n) is 5.34. The third-order valence-corrected chi connectivity index (χ3v) is 4.26. The van der Waals surface area contributed by atoms with Crippen molar-refractivity contribution in [1.82, 2.24) is 0 Å². The molecule has 0 spiro atoms. The summed E-state index contributed by atoms with van der Waals surface area (Å²) >= 11 is 0. The summed E-state index contributed by atoms with van der Waals surface area (Å²) in [4.78, 5) is 0. The number of rotatable bonds is 2. The first kappa shape index (κ1) is 12.6. The van der Waals surface area contributed by atoms with Gasteiger partial charge >= 0.3 is 0 Å². The van der Waals surface area contributed by atoms with Gasteiger partial charge in [0.05, 0.1) is 20.3 Å². The number of fused-ring (bicyclic) bond motifs is 2. The molecule has 1 aliphatic heterocycles. The Morgan fingerprint density at radius 1 is 1.16 bits per heavy atom. The van der Waals surface area contributed by atoms with Gasteiger partial charge in [-0.25, -0.2) is 0 Å².